The van der Waals surface area contributed by atoms with Crippen molar-refractivity contribution in [3.8, 4) is 56.0 Å². The van der Waals surface area contributed by atoms with Gasteiger partial charge in [-0.25, -0.2) is 9.97 Å². The zero-order valence-electron chi connectivity index (χ0n) is 31.9. The summed E-state index contributed by atoms with van der Waals surface area (Å²) in [5.74, 6) is 0.669. The first kappa shape index (κ1) is 33.3. The Morgan fingerprint density at radius 1 is 0.305 bits per heavy atom. The van der Waals surface area contributed by atoms with Crippen LogP contribution in [-0.2, 0) is 0 Å². The third kappa shape index (κ3) is 5.67. The molecule has 0 fully saturated rings. The van der Waals surface area contributed by atoms with Crippen molar-refractivity contribution >= 4 is 65.2 Å². The molecule has 0 bridgehead atoms. The molecule has 0 aliphatic carbocycles. The van der Waals surface area contributed by atoms with Crippen molar-refractivity contribution in [3.63, 3.8) is 0 Å². The van der Waals surface area contributed by atoms with Crippen LogP contribution in [0.15, 0.2) is 211 Å². The molecule has 0 saturated carbocycles. The molecule has 0 saturated heterocycles. The maximum Gasteiger partial charge on any atom is 0.160 e. The summed E-state index contributed by atoms with van der Waals surface area (Å²) in [6.07, 6.45) is 0. The van der Waals surface area contributed by atoms with E-state index in [-0.39, 0.29) is 0 Å². The number of fused-ring (bicyclic) bond motifs is 8. The van der Waals surface area contributed by atoms with Crippen molar-refractivity contribution in [2.24, 2.45) is 0 Å². The molecule has 12 rings (SSSR count). The van der Waals surface area contributed by atoms with Gasteiger partial charge in [-0.1, -0.05) is 164 Å². The fourth-order valence-corrected chi connectivity index (χ4v) is 8.83. The molecule has 2 heterocycles. The Kier molecular flexibility index (Phi) is 7.54. The van der Waals surface area contributed by atoms with E-state index in [0.717, 1.165) is 77.3 Å². The zero-order valence-corrected chi connectivity index (χ0v) is 31.9. The van der Waals surface area contributed by atoms with Crippen LogP contribution in [0.4, 0.5) is 0 Å². The molecule has 2 aromatic heterocycles. The summed E-state index contributed by atoms with van der Waals surface area (Å²) in [4.78, 5) is 10.6. The van der Waals surface area contributed by atoms with Gasteiger partial charge in [0.15, 0.2) is 5.82 Å². The van der Waals surface area contributed by atoms with Crippen molar-refractivity contribution in [1.29, 1.82) is 0 Å². The Labute approximate surface area is 340 Å². The molecule has 0 radical (unpaired) electrons. The molecular formula is C56H34N2O. The minimum Gasteiger partial charge on any atom is -0.455 e. The van der Waals surface area contributed by atoms with E-state index in [1.165, 1.54) is 38.1 Å². The highest BCUT2D eigenvalue weighted by Gasteiger charge is 2.19. The van der Waals surface area contributed by atoms with E-state index in [4.69, 9.17) is 14.4 Å². The first-order valence-electron chi connectivity index (χ1n) is 20.0. The molecule has 12 aromatic rings. The fourth-order valence-electron chi connectivity index (χ4n) is 8.83. The molecule has 3 nitrogen and oxygen atoms in total. The molecule has 0 spiro atoms. The molecule has 0 unspecified atom stereocenters. The molecular weight excluding hydrogens is 717 g/mol. The molecule has 0 aliphatic rings. The average Bonchev–Trinajstić information content (AvgIpc) is 3.67. The first-order valence-corrected chi connectivity index (χ1v) is 20.0. The lowest BCUT2D eigenvalue weighted by Crippen LogP contribution is -1.96. The number of rotatable bonds is 5. The van der Waals surface area contributed by atoms with E-state index < -0.39 is 0 Å². The molecule has 274 valence electrons. The molecule has 0 atom stereocenters. The van der Waals surface area contributed by atoms with Gasteiger partial charge in [-0.05, 0) is 103 Å². The van der Waals surface area contributed by atoms with Gasteiger partial charge < -0.3 is 4.42 Å². The summed E-state index contributed by atoms with van der Waals surface area (Å²) in [5, 5.41) is 10.4. The predicted octanol–water partition coefficient (Wildman–Crippen LogP) is 15.3. The minimum atomic E-state index is 0.669. The Morgan fingerprint density at radius 2 is 0.898 bits per heavy atom. The van der Waals surface area contributed by atoms with Gasteiger partial charge in [-0.2, -0.15) is 0 Å². The molecule has 0 aliphatic heterocycles. The molecule has 10 aromatic carbocycles. The van der Waals surface area contributed by atoms with Crippen LogP contribution in [0.2, 0.25) is 0 Å². The second-order valence-corrected chi connectivity index (χ2v) is 15.4. The van der Waals surface area contributed by atoms with E-state index in [1.54, 1.807) is 0 Å². The Morgan fingerprint density at radius 3 is 1.75 bits per heavy atom. The van der Waals surface area contributed by atoms with Gasteiger partial charge in [0.05, 0.1) is 11.2 Å². The highest BCUT2D eigenvalue weighted by atomic mass is 16.3. The van der Waals surface area contributed by atoms with E-state index in [9.17, 15) is 0 Å². The highest BCUT2D eigenvalue weighted by molar-refractivity contribution is 6.15. The monoisotopic (exact) mass is 750 g/mol. The third-order valence-corrected chi connectivity index (χ3v) is 11.8. The maximum atomic E-state index is 6.82. The van der Waals surface area contributed by atoms with Gasteiger partial charge in [0, 0.05) is 32.8 Å². The number of para-hydroxylation sites is 1. The molecule has 0 N–H and O–H groups in total. The summed E-state index contributed by atoms with van der Waals surface area (Å²) in [5.41, 5.74) is 12.2. The molecule has 59 heavy (non-hydrogen) atoms. The van der Waals surface area contributed by atoms with Gasteiger partial charge in [0.25, 0.3) is 0 Å². The SMILES string of the molecule is c1ccc(-c2cccc(-c3nc(-c4cc(-c5ccc(-c6ccc7ccc8ccccc8c7c6)cc5)c5oc6cc7ccccc7cc6c5c4)nc4ccccc34)c2)cc1. The third-order valence-electron chi connectivity index (χ3n) is 11.8. The average molecular weight is 751 g/mol. The van der Waals surface area contributed by atoms with E-state index in [0.29, 0.717) is 5.82 Å². The number of nitrogens with zero attached hydrogens (tertiary/aromatic N) is 2. The second kappa shape index (κ2) is 13.4. The number of aromatic nitrogens is 2. The summed E-state index contributed by atoms with van der Waals surface area (Å²) >= 11 is 0. The van der Waals surface area contributed by atoms with Crippen LogP contribution in [0.25, 0.3) is 121 Å². The Balaban J connectivity index is 1.04. The van der Waals surface area contributed by atoms with Crippen LogP contribution in [0.1, 0.15) is 0 Å². The van der Waals surface area contributed by atoms with Crippen molar-refractivity contribution in [3.05, 3.63) is 206 Å². The zero-order chi connectivity index (χ0) is 38.9. The topological polar surface area (TPSA) is 38.9 Å². The van der Waals surface area contributed by atoms with Gasteiger partial charge in [-0.3, -0.25) is 0 Å². The van der Waals surface area contributed by atoms with Crippen LogP contribution < -0.4 is 0 Å². The number of hydrogen-bond acceptors (Lipinski definition) is 3. The van der Waals surface area contributed by atoms with Crippen molar-refractivity contribution in [2.75, 3.05) is 0 Å². The predicted molar refractivity (Wildman–Crippen MR) is 247 cm³/mol. The highest BCUT2D eigenvalue weighted by Crippen LogP contribution is 2.42. The van der Waals surface area contributed by atoms with Crippen molar-refractivity contribution in [2.45, 2.75) is 0 Å². The fraction of sp³-hybridized carbons (Fsp3) is 0. The van der Waals surface area contributed by atoms with Gasteiger partial charge >= 0.3 is 0 Å². The van der Waals surface area contributed by atoms with Crippen LogP contribution in [0.3, 0.4) is 0 Å². The van der Waals surface area contributed by atoms with Crippen molar-refractivity contribution in [1.82, 2.24) is 9.97 Å². The normalized spacial score (nSPS) is 11.7. The lowest BCUT2D eigenvalue weighted by molar-refractivity contribution is 0.670. The van der Waals surface area contributed by atoms with E-state index >= 15 is 0 Å². The smallest absolute Gasteiger partial charge is 0.160 e. The maximum absolute atomic E-state index is 6.82. The summed E-state index contributed by atoms with van der Waals surface area (Å²) in [6.45, 7) is 0. The molecule has 3 heteroatoms. The standard InChI is InChI=1S/C56H34N2O/c1-2-11-35(12-3-1)40-16-10-17-44(29-40)54-47-19-8-9-20-52(47)57-56(58-54)45-32-49(55-51(33-45)50-31-41-14-4-5-15-42(41)34-53(50)59-55)39-23-21-36(22-24-39)43-28-27-38-26-25-37-13-6-7-18-46(37)48(38)30-43/h1-34H. The number of benzene rings is 10. The van der Waals surface area contributed by atoms with Gasteiger partial charge in [0.2, 0.25) is 0 Å². The summed E-state index contributed by atoms with van der Waals surface area (Å²) < 4.78 is 6.82. The van der Waals surface area contributed by atoms with Gasteiger partial charge in [-0.15, -0.1) is 0 Å². The lowest BCUT2D eigenvalue weighted by Gasteiger charge is -2.12. The quantitative estimate of drug-likeness (QED) is 0.164. The van der Waals surface area contributed by atoms with E-state index in [2.05, 4.69) is 200 Å². The summed E-state index contributed by atoms with van der Waals surface area (Å²) in [6, 6.07) is 73.4. The largest absolute Gasteiger partial charge is 0.455 e. The van der Waals surface area contributed by atoms with Crippen LogP contribution in [-0.4, -0.2) is 9.97 Å². The van der Waals surface area contributed by atoms with Gasteiger partial charge in [0.1, 0.15) is 11.2 Å². The Hall–Kier alpha value is -7.88. The number of hydrogen-bond donors (Lipinski definition) is 0. The van der Waals surface area contributed by atoms with Crippen LogP contribution >= 0.6 is 0 Å². The number of furan rings is 1. The van der Waals surface area contributed by atoms with Crippen LogP contribution in [0.5, 0.6) is 0 Å². The second-order valence-electron chi connectivity index (χ2n) is 15.4. The first-order chi connectivity index (χ1) is 29.2. The van der Waals surface area contributed by atoms with Crippen molar-refractivity contribution < 1.29 is 4.42 Å². The minimum absolute atomic E-state index is 0.669. The summed E-state index contributed by atoms with van der Waals surface area (Å²) in [7, 11) is 0. The lowest BCUT2D eigenvalue weighted by atomic mass is 9.94. The Bertz CT molecular complexity index is 3600. The molecule has 0 amide bonds. The van der Waals surface area contributed by atoms with Crippen LogP contribution in [0, 0.1) is 0 Å². The van der Waals surface area contributed by atoms with E-state index in [1.807, 2.05) is 6.07 Å².